The molecule has 2 aromatic rings. The third kappa shape index (κ3) is 3.08. The zero-order valence-corrected chi connectivity index (χ0v) is 9.28. The van der Waals surface area contributed by atoms with Crippen LogP contribution in [-0.4, -0.2) is 15.6 Å². The second-order valence-electron chi connectivity index (χ2n) is 3.68. The molecule has 17 heavy (non-hydrogen) atoms. The molecule has 0 amide bonds. The Hall–Kier alpha value is -2.29. The number of carboxylic acids is 1. The molecule has 3 heteroatoms. The third-order valence-corrected chi connectivity index (χ3v) is 2.40. The molecule has 86 valence electrons. The Morgan fingerprint density at radius 3 is 2.41 bits per heavy atom. The van der Waals surface area contributed by atoms with Crippen LogP contribution in [0.4, 0.5) is 0 Å². The van der Waals surface area contributed by atoms with Crippen LogP contribution < -0.4 is 0 Å². The highest BCUT2D eigenvalue weighted by Crippen LogP contribution is 2.11. The molecule has 0 unspecified atom stereocenters. The summed E-state index contributed by atoms with van der Waals surface area (Å²) < 4.78 is 2.02. The van der Waals surface area contributed by atoms with Crippen molar-refractivity contribution in [2.45, 2.75) is 6.42 Å². The number of carbonyl (C=O) groups is 1. The smallest absolute Gasteiger partial charge is 0.307 e. The molecule has 0 atom stereocenters. The Bertz CT molecular complexity index is 510. The first kappa shape index (κ1) is 11.2. The van der Waals surface area contributed by atoms with E-state index in [9.17, 15) is 4.79 Å². The van der Waals surface area contributed by atoms with E-state index < -0.39 is 5.97 Å². The van der Waals surface area contributed by atoms with Gasteiger partial charge in [-0.15, -0.1) is 0 Å². The topological polar surface area (TPSA) is 42.2 Å². The number of rotatable bonds is 4. The Morgan fingerprint density at radius 1 is 1.18 bits per heavy atom. The lowest BCUT2D eigenvalue weighted by Crippen LogP contribution is -1.90. The van der Waals surface area contributed by atoms with E-state index in [1.165, 1.54) is 0 Å². The second-order valence-corrected chi connectivity index (χ2v) is 3.68. The number of hydrogen-bond donors (Lipinski definition) is 1. The van der Waals surface area contributed by atoms with Crippen LogP contribution in [0.2, 0.25) is 0 Å². The Morgan fingerprint density at radius 2 is 1.82 bits per heavy atom. The van der Waals surface area contributed by atoms with Crippen molar-refractivity contribution in [3.8, 4) is 5.69 Å². The summed E-state index contributed by atoms with van der Waals surface area (Å²) in [6.07, 6.45) is 7.48. The molecular weight excluding hydrogens is 214 g/mol. The van der Waals surface area contributed by atoms with E-state index in [-0.39, 0.29) is 6.42 Å². The number of carboxylic acid groups (broad SMARTS) is 1. The Kier molecular flexibility index (Phi) is 3.40. The molecule has 0 aliphatic heterocycles. The molecule has 0 bridgehead atoms. The van der Waals surface area contributed by atoms with Gasteiger partial charge in [-0.25, -0.2) is 0 Å². The van der Waals surface area contributed by atoms with Gasteiger partial charge in [-0.1, -0.05) is 24.3 Å². The summed E-state index contributed by atoms with van der Waals surface area (Å²) in [4.78, 5) is 10.3. The molecule has 1 aromatic heterocycles. The quantitative estimate of drug-likeness (QED) is 0.872. The normalized spacial score (nSPS) is 10.8. The Labute approximate surface area is 99.6 Å². The molecule has 0 saturated carbocycles. The van der Waals surface area contributed by atoms with Crippen molar-refractivity contribution in [1.29, 1.82) is 0 Å². The van der Waals surface area contributed by atoms with E-state index in [0.717, 1.165) is 11.3 Å². The van der Waals surface area contributed by atoms with Crippen LogP contribution in [0.5, 0.6) is 0 Å². The first-order valence-corrected chi connectivity index (χ1v) is 5.37. The van der Waals surface area contributed by atoms with Crippen molar-refractivity contribution in [1.82, 2.24) is 4.57 Å². The van der Waals surface area contributed by atoms with Gasteiger partial charge in [-0.05, 0) is 29.8 Å². The molecule has 0 radical (unpaired) electrons. The highest BCUT2D eigenvalue weighted by Gasteiger charge is 1.94. The van der Waals surface area contributed by atoms with Crippen LogP contribution in [0.3, 0.4) is 0 Å². The molecule has 1 heterocycles. The predicted molar refractivity (Wildman–Crippen MR) is 67.1 cm³/mol. The maximum absolute atomic E-state index is 10.3. The van der Waals surface area contributed by atoms with Crippen LogP contribution >= 0.6 is 0 Å². The fraction of sp³-hybridized carbons (Fsp3) is 0.0714. The molecular formula is C14H13NO2. The van der Waals surface area contributed by atoms with E-state index >= 15 is 0 Å². The van der Waals surface area contributed by atoms with Crippen molar-refractivity contribution in [2.24, 2.45) is 0 Å². The number of hydrogen-bond acceptors (Lipinski definition) is 1. The molecule has 0 aliphatic rings. The van der Waals surface area contributed by atoms with Crippen molar-refractivity contribution in [3.05, 3.63) is 60.4 Å². The number of nitrogens with zero attached hydrogens (tertiary/aromatic N) is 1. The van der Waals surface area contributed by atoms with Crippen molar-refractivity contribution < 1.29 is 9.90 Å². The fourth-order valence-corrected chi connectivity index (χ4v) is 1.56. The lowest BCUT2D eigenvalue weighted by Gasteiger charge is -2.02. The number of benzene rings is 1. The summed E-state index contributed by atoms with van der Waals surface area (Å²) in [5.74, 6) is -0.815. The van der Waals surface area contributed by atoms with Crippen molar-refractivity contribution in [2.75, 3.05) is 0 Å². The fourth-order valence-electron chi connectivity index (χ4n) is 1.56. The SMILES string of the molecule is O=C(O)C/C=C/c1ccc(-n2cccc2)cc1. The number of aromatic nitrogens is 1. The molecule has 3 nitrogen and oxygen atoms in total. The van der Waals surface area contributed by atoms with Crippen molar-refractivity contribution in [3.63, 3.8) is 0 Å². The summed E-state index contributed by atoms with van der Waals surface area (Å²) in [5, 5.41) is 8.51. The highest BCUT2D eigenvalue weighted by molar-refractivity contribution is 5.70. The van der Waals surface area contributed by atoms with Gasteiger partial charge < -0.3 is 9.67 Å². The molecule has 0 aliphatic carbocycles. The minimum Gasteiger partial charge on any atom is -0.481 e. The van der Waals surface area contributed by atoms with Crippen LogP contribution in [0.1, 0.15) is 12.0 Å². The van der Waals surface area contributed by atoms with E-state index in [4.69, 9.17) is 5.11 Å². The lowest BCUT2D eigenvalue weighted by molar-refractivity contribution is -0.135. The lowest BCUT2D eigenvalue weighted by atomic mass is 10.2. The molecule has 0 saturated heterocycles. The van der Waals surface area contributed by atoms with Gasteiger partial charge in [0, 0.05) is 18.1 Å². The summed E-state index contributed by atoms with van der Waals surface area (Å²) >= 11 is 0. The first-order valence-electron chi connectivity index (χ1n) is 5.37. The molecule has 1 N–H and O–H groups in total. The summed E-state index contributed by atoms with van der Waals surface area (Å²) in [6.45, 7) is 0. The molecule has 1 aromatic carbocycles. The molecule has 2 rings (SSSR count). The predicted octanol–water partition coefficient (Wildman–Crippen LogP) is 2.97. The van der Waals surface area contributed by atoms with Gasteiger partial charge in [0.25, 0.3) is 0 Å². The maximum Gasteiger partial charge on any atom is 0.307 e. The van der Waals surface area contributed by atoms with Crippen LogP contribution in [0, 0.1) is 0 Å². The van der Waals surface area contributed by atoms with E-state index in [2.05, 4.69) is 0 Å². The van der Waals surface area contributed by atoms with Crippen LogP contribution in [0.15, 0.2) is 54.9 Å². The molecule has 0 fully saturated rings. The highest BCUT2D eigenvalue weighted by atomic mass is 16.4. The van der Waals surface area contributed by atoms with E-state index in [0.29, 0.717) is 0 Å². The third-order valence-electron chi connectivity index (χ3n) is 2.40. The van der Waals surface area contributed by atoms with E-state index in [1.54, 1.807) is 6.08 Å². The first-order chi connectivity index (χ1) is 8.25. The van der Waals surface area contributed by atoms with E-state index in [1.807, 2.05) is 59.4 Å². The summed E-state index contributed by atoms with van der Waals surface area (Å²) in [5.41, 5.74) is 2.09. The zero-order valence-electron chi connectivity index (χ0n) is 9.28. The standard InChI is InChI=1S/C14H13NO2/c16-14(17)5-3-4-12-6-8-13(9-7-12)15-10-1-2-11-15/h1-4,6-11H,5H2,(H,16,17)/b4-3+. The Balaban J connectivity index is 2.08. The second kappa shape index (κ2) is 5.16. The molecule has 0 spiro atoms. The minimum atomic E-state index is -0.815. The maximum atomic E-state index is 10.3. The van der Waals surface area contributed by atoms with Gasteiger partial charge in [0.05, 0.1) is 6.42 Å². The van der Waals surface area contributed by atoms with Crippen LogP contribution in [-0.2, 0) is 4.79 Å². The van der Waals surface area contributed by atoms with Crippen molar-refractivity contribution >= 4 is 12.0 Å². The van der Waals surface area contributed by atoms with Gasteiger partial charge in [-0.3, -0.25) is 4.79 Å². The summed E-state index contributed by atoms with van der Waals surface area (Å²) in [6, 6.07) is 11.9. The van der Waals surface area contributed by atoms with Crippen LogP contribution in [0.25, 0.3) is 11.8 Å². The average Bonchev–Trinajstić information content (AvgIpc) is 2.83. The largest absolute Gasteiger partial charge is 0.481 e. The van der Waals surface area contributed by atoms with Gasteiger partial charge in [0.1, 0.15) is 0 Å². The number of aliphatic carboxylic acids is 1. The zero-order chi connectivity index (χ0) is 12.1. The van der Waals surface area contributed by atoms with Gasteiger partial charge in [0.2, 0.25) is 0 Å². The minimum absolute atomic E-state index is 0.0549. The summed E-state index contributed by atoms with van der Waals surface area (Å²) in [7, 11) is 0. The monoisotopic (exact) mass is 227 g/mol. The van der Waals surface area contributed by atoms with Gasteiger partial charge >= 0.3 is 5.97 Å². The van der Waals surface area contributed by atoms with Gasteiger partial charge in [0.15, 0.2) is 0 Å². The van der Waals surface area contributed by atoms with Gasteiger partial charge in [-0.2, -0.15) is 0 Å². The average molecular weight is 227 g/mol.